The van der Waals surface area contributed by atoms with Crippen LogP contribution in [0.3, 0.4) is 0 Å². The first-order valence-electron chi connectivity index (χ1n) is 6.19. The molecule has 0 bridgehead atoms. The molecule has 0 saturated heterocycles. The molecule has 1 atom stereocenters. The minimum absolute atomic E-state index is 0.215. The first-order valence-corrected chi connectivity index (χ1v) is 6.19. The van der Waals surface area contributed by atoms with E-state index in [1.165, 1.54) is 11.1 Å². The lowest BCUT2D eigenvalue weighted by molar-refractivity contribution is 0.471. The number of nitrogens with one attached hydrogen (secondary N) is 1. The van der Waals surface area contributed by atoms with Crippen molar-refractivity contribution in [2.24, 2.45) is 0 Å². The van der Waals surface area contributed by atoms with Crippen LogP contribution in [-0.2, 0) is 0 Å². The molecule has 0 fully saturated rings. The number of aryl methyl sites for hydroxylation is 2. The highest BCUT2D eigenvalue weighted by Crippen LogP contribution is 2.24. The van der Waals surface area contributed by atoms with Crippen LogP contribution < -0.4 is 5.32 Å². The SMILES string of the molecule is Cc1ccc(C(C)Nc2ccc(C)c(O)c2)cc1. The Hall–Kier alpha value is -1.96. The van der Waals surface area contributed by atoms with Gasteiger partial charge < -0.3 is 10.4 Å². The van der Waals surface area contributed by atoms with Crippen molar-refractivity contribution in [2.45, 2.75) is 26.8 Å². The summed E-state index contributed by atoms with van der Waals surface area (Å²) in [5.41, 5.74) is 4.33. The maximum atomic E-state index is 9.68. The number of benzene rings is 2. The molecule has 0 amide bonds. The van der Waals surface area contributed by atoms with Gasteiger partial charge in [0.05, 0.1) is 0 Å². The van der Waals surface area contributed by atoms with Gasteiger partial charge in [0, 0.05) is 17.8 Å². The largest absolute Gasteiger partial charge is 0.508 e. The highest BCUT2D eigenvalue weighted by molar-refractivity contribution is 5.52. The maximum absolute atomic E-state index is 9.68. The summed E-state index contributed by atoms with van der Waals surface area (Å²) in [6, 6.07) is 14.4. The molecule has 0 saturated carbocycles. The molecule has 0 radical (unpaired) electrons. The number of phenols is 1. The van der Waals surface area contributed by atoms with Gasteiger partial charge in [0.1, 0.15) is 5.75 Å². The zero-order valence-electron chi connectivity index (χ0n) is 11.1. The molecule has 0 aliphatic heterocycles. The Kier molecular flexibility index (Phi) is 3.56. The number of anilines is 1. The van der Waals surface area contributed by atoms with Crippen molar-refractivity contribution in [2.75, 3.05) is 5.32 Å². The van der Waals surface area contributed by atoms with Crippen LogP contribution in [0.1, 0.15) is 29.7 Å². The van der Waals surface area contributed by atoms with Crippen molar-refractivity contribution in [1.82, 2.24) is 0 Å². The van der Waals surface area contributed by atoms with Gasteiger partial charge in [0.25, 0.3) is 0 Å². The summed E-state index contributed by atoms with van der Waals surface area (Å²) in [6.45, 7) is 6.09. The van der Waals surface area contributed by atoms with Gasteiger partial charge in [-0.05, 0) is 38.0 Å². The monoisotopic (exact) mass is 241 g/mol. The summed E-state index contributed by atoms with van der Waals surface area (Å²) in [5.74, 6) is 0.330. The van der Waals surface area contributed by atoms with E-state index in [1.54, 1.807) is 6.07 Å². The molecular formula is C16H19NO. The van der Waals surface area contributed by atoms with E-state index in [4.69, 9.17) is 0 Å². The molecule has 2 nitrogen and oxygen atoms in total. The summed E-state index contributed by atoms with van der Waals surface area (Å²) in [7, 11) is 0. The Morgan fingerprint density at radius 3 is 2.28 bits per heavy atom. The molecule has 2 N–H and O–H groups in total. The topological polar surface area (TPSA) is 32.3 Å². The maximum Gasteiger partial charge on any atom is 0.120 e. The third kappa shape index (κ3) is 2.83. The number of hydrogen-bond acceptors (Lipinski definition) is 2. The molecule has 0 heterocycles. The quantitative estimate of drug-likeness (QED) is 0.844. The Labute approximate surface area is 108 Å². The number of aromatic hydroxyl groups is 1. The number of hydrogen-bond donors (Lipinski definition) is 2. The molecule has 0 spiro atoms. The fourth-order valence-electron chi connectivity index (χ4n) is 1.89. The van der Waals surface area contributed by atoms with Gasteiger partial charge in [0.2, 0.25) is 0 Å². The molecule has 0 aliphatic rings. The fraction of sp³-hybridized carbons (Fsp3) is 0.250. The Morgan fingerprint density at radius 1 is 1.00 bits per heavy atom. The summed E-state index contributed by atoms with van der Waals surface area (Å²) in [5, 5.41) is 13.1. The third-order valence-corrected chi connectivity index (χ3v) is 3.17. The normalized spacial score (nSPS) is 12.2. The van der Waals surface area contributed by atoms with Gasteiger partial charge in [-0.1, -0.05) is 35.9 Å². The van der Waals surface area contributed by atoms with Gasteiger partial charge in [-0.2, -0.15) is 0 Å². The highest BCUT2D eigenvalue weighted by atomic mass is 16.3. The molecule has 2 rings (SSSR count). The van der Waals surface area contributed by atoms with Crippen LogP contribution in [0.25, 0.3) is 0 Å². The van der Waals surface area contributed by atoms with Gasteiger partial charge in [-0.25, -0.2) is 0 Å². The first kappa shape index (κ1) is 12.5. The second kappa shape index (κ2) is 5.13. The van der Waals surface area contributed by atoms with Crippen molar-refractivity contribution in [3.63, 3.8) is 0 Å². The van der Waals surface area contributed by atoms with Gasteiger partial charge in [-0.15, -0.1) is 0 Å². The van der Waals surface area contributed by atoms with Crippen molar-refractivity contribution >= 4 is 5.69 Å². The summed E-state index contributed by atoms with van der Waals surface area (Å²) in [6.07, 6.45) is 0. The molecule has 18 heavy (non-hydrogen) atoms. The van der Waals surface area contributed by atoms with E-state index in [9.17, 15) is 5.11 Å². The molecule has 2 heteroatoms. The van der Waals surface area contributed by atoms with Crippen molar-refractivity contribution in [1.29, 1.82) is 0 Å². The smallest absolute Gasteiger partial charge is 0.120 e. The van der Waals surface area contributed by atoms with Crippen LogP contribution in [0.5, 0.6) is 5.75 Å². The first-order chi connectivity index (χ1) is 8.56. The third-order valence-electron chi connectivity index (χ3n) is 3.17. The predicted molar refractivity (Wildman–Crippen MR) is 76.1 cm³/mol. The minimum Gasteiger partial charge on any atom is -0.508 e. The van der Waals surface area contributed by atoms with E-state index in [1.807, 2.05) is 19.1 Å². The van der Waals surface area contributed by atoms with Crippen LogP contribution >= 0.6 is 0 Å². The summed E-state index contributed by atoms with van der Waals surface area (Å²) in [4.78, 5) is 0. The van der Waals surface area contributed by atoms with Gasteiger partial charge in [-0.3, -0.25) is 0 Å². The summed E-state index contributed by atoms with van der Waals surface area (Å²) >= 11 is 0. The Morgan fingerprint density at radius 2 is 1.67 bits per heavy atom. The van der Waals surface area contributed by atoms with Gasteiger partial charge in [0.15, 0.2) is 0 Å². The lowest BCUT2D eigenvalue weighted by Crippen LogP contribution is -2.06. The standard InChI is InChI=1S/C16H19NO/c1-11-4-7-14(8-5-11)13(3)17-15-9-6-12(2)16(18)10-15/h4-10,13,17-18H,1-3H3. The zero-order valence-corrected chi connectivity index (χ0v) is 11.1. The van der Waals surface area contributed by atoms with E-state index >= 15 is 0 Å². The molecular weight excluding hydrogens is 222 g/mol. The van der Waals surface area contributed by atoms with Crippen LogP contribution in [-0.4, -0.2) is 5.11 Å². The molecule has 94 valence electrons. The molecule has 2 aromatic rings. The van der Waals surface area contributed by atoms with Crippen molar-refractivity contribution < 1.29 is 5.11 Å². The molecule has 1 unspecified atom stereocenters. The minimum atomic E-state index is 0.215. The average Bonchev–Trinajstić information content (AvgIpc) is 2.34. The van der Waals surface area contributed by atoms with E-state index in [0.29, 0.717) is 5.75 Å². The highest BCUT2D eigenvalue weighted by Gasteiger charge is 2.06. The second-order valence-electron chi connectivity index (χ2n) is 4.78. The predicted octanol–water partition coefficient (Wildman–Crippen LogP) is 4.18. The summed E-state index contributed by atoms with van der Waals surface area (Å²) < 4.78 is 0. The number of phenolic OH excluding ortho intramolecular Hbond substituents is 1. The Bertz CT molecular complexity index is 531. The Balaban J connectivity index is 2.13. The number of rotatable bonds is 3. The van der Waals surface area contributed by atoms with E-state index in [2.05, 4.69) is 43.4 Å². The van der Waals surface area contributed by atoms with Crippen LogP contribution in [0.15, 0.2) is 42.5 Å². The molecule has 0 aliphatic carbocycles. The van der Waals surface area contributed by atoms with Crippen LogP contribution in [0, 0.1) is 13.8 Å². The van der Waals surface area contributed by atoms with Crippen LogP contribution in [0.2, 0.25) is 0 Å². The van der Waals surface area contributed by atoms with Crippen LogP contribution in [0.4, 0.5) is 5.69 Å². The van der Waals surface area contributed by atoms with E-state index in [0.717, 1.165) is 11.3 Å². The van der Waals surface area contributed by atoms with E-state index < -0.39 is 0 Å². The lowest BCUT2D eigenvalue weighted by atomic mass is 10.1. The second-order valence-corrected chi connectivity index (χ2v) is 4.78. The lowest BCUT2D eigenvalue weighted by Gasteiger charge is -2.16. The van der Waals surface area contributed by atoms with E-state index in [-0.39, 0.29) is 6.04 Å². The van der Waals surface area contributed by atoms with Crippen molar-refractivity contribution in [3.05, 3.63) is 59.2 Å². The van der Waals surface area contributed by atoms with Gasteiger partial charge >= 0.3 is 0 Å². The fourth-order valence-corrected chi connectivity index (χ4v) is 1.89. The zero-order chi connectivity index (χ0) is 13.1. The molecule has 0 aromatic heterocycles. The molecule has 2 aromatic carbocycles. The van der Waals surface area contributed by atoms with Crippen molar-refractivity contribution in [3.8, 4) is 5.75 Å². The average molecular weight is 241 g/mol.